The summed E-state index contributed by atoms with van der Waals surface area (Å²) < 4.78 is 1.79. The Bertz CT molecular complexity index is 349. The fourth-order valence-electron chi connectivity index (χ4n) is 1.24. The summed E-state index contributed by atoms with van der Waals surface area (Å²) in [5.74, 6) is 2.57. The van der Waals surface area contributed by atoms with Crippen molar-refractivity contribution in [3.8, 4) is 12.3 Å². The first-order chi connectivity index (χ1) is 6.66. The van der Waals surface area contributed by atoms with Crippen molar-refractivity contribution in [3.05, 3.63) is 16.4 Å². The Morgan fingerprint density at radius 2 is 2.36 bits per heavy atom. The highest BCUT2D eigenvalue weighted by atomic mass is 35.5. The molecule has 0 radical (unpaired) electrons. The molecule has 0 saturated carbocycles. The molecule has 0 unspecified atom stereocenters. The van der Waals surface area contributed by atoms with Crippen LogP contribution in [0.1, 0.15) is 17.8 Å². The van der Waals surface area contributed by atoms with E-state index in [0.717, 1.165) is 29.4 Å². The van der Waals surface area contributed by atoms with Gasteiger partial charge >= 0.3 is 0 Å². The van der Waals surface area contributed by atoms with E-state index in [-0.39, 0.29) is 0 Å². The number of rotatable bonds is 4. The molecule has 1 heterocycles. The van der Waals surface area contributed by atoms with Crippen molar-refractivity contribution in [1.82, 2.24) is 15.1 Å². The van der Waals surface area contributed by atoms with Crippen molar-refractivity contribution in [2.75, 3.05) is 6.54 Å². The number of hydrogen-bond donors (Lipinski definition) is 1. The summed E-state index contributed by atoms with van der Waals surface area (Å²) in [5.41, 5.74) is 1.86. The maximum Gasteiger partial charge on any atom is 0.0860 e. The van der Waals surface area contributed by atoms with Crippen molar-refractivity contribution in [2.45, 2.75) is 19.9 Å². The van der Waals surface area contributed by atoms with Crippen LogP contribution >= 0.6 is 11.6 Å². The lowest BCUT2D eigenvalue weighted by atomic mass is 10.3. The highest BCUT2D eigenvalue weighted by Crippen LogP contribution is 2.18. The third kappa shape index (κ3) is 2.50. The van der Waals surface area contributed by atoms with Gasteiger partial charge in [-0.25, -0.2) is 0 Å². The van der Waals surface area contributed by atoms with Crippen molar-refractivity contribution in [2.24, 2.45) is 7.05 Å². The van der Waals surface area contributed by atoms with E-state index in [9.17, 15) is 0 Å². The smallest absolute Gasteiger partial charge is 0.0860 e. The molecule has 0 spiro atoms. The molecule has 4 heteroatoms. The number of hydrogen-bond acceptors (Lipinski definition) is 2. The maximum atomic E-state index is 6.06. The Kier molecular flexibility index (Phi) is 3.99. The van der Waals surface area contributed by atoms with E-state index in [1.54, 1.807) is 4.68 Å². The predicted molar refractivity (Wildman–Crippen MR) is 58.1 cm³/mol. The van der Waals surface area contributed by atoms with Gasteiger partial charge in [0.1, 0.15) is 0 Å². The molecule has 0 aliphatic rings. The minimum Gasteiger partial charge on any atom is -0.310 e. The highest BCUT2D eigenvalue weighted by Gasteiger charge is 2.09. The largest absolute Gasteiger partial charge is 0.310 e. The molecule has 0 atom stereocenters. The average Bonchev–Trinajstić information content (AvgIpc) is 2.38. The van der Waals surface area contributed by atoms with Crippen LogP contribution in [0.25, 0.3) is 0 Å². The molecule has 0 bridgehead atoms. The number of nitrogens with zero attached hydrogens (tertiary/aromatic N) is 2. The van der Waals surface area contributed by atoms with Gasteiger partial charge in [0.2, 0.25) is 0 Å². The molecule has 0 saturated heterocycles. The zero-order valence-electron chi connectivity index (χ0n) is 8.47. The molecule has 1 aromatic rings. The first-order valence-corrected chi connectivity index (χ1v) is 4.86. The van der Waals surface area contributed by atoms with E-state index in [0.29, 0.717) is 6.54 Å². The van der Waals surface area contributed by atoms with E-state index in [2.05, 4.69) is 16.3 Å². The number of aromatic nitrogens is 2. The van der Waals surface area contributed by atoms with E-state index < -0.39 is 0 Å². The lowest BCUT2D eigenvalue weighted by molar-refractivity contribution is 0.630. The van der Waals surface area contributed by atoms with Gasteiger partial charge in [-0.1, -0.05) is 11.6 Å². The molecule has 14 heavy (non-hydrogen) atoms. The third-order valence-electron chi connectivity index (χ3n) is 2.00. The predicted octanol–water partition coefficient (Wildman–Crippen LogP) is 1.49. The number of nitrogens with one attached hydrogen (secondary N) is 1. The highest BCUT2D eigenvalue weighted by molar-refractivity contribution is 6.31. The quantitative estimate of drug-likeness (QED) is 0.604. The Labute approximate surface area is 89.4 Å². The van der Waals surface area contributed by atoms with Gasteiger partial charge in [-0.05, 0) is 6.92 Å². The molecule has 1 aromatic heterocycles. The average molecular weight is 212 g/mol. The Morgan fingerprint density at radius 1 is 1.64 bits per heavy atom. The molecule has 76 valence electrons. The summed E-state index contributed by atoms with van der Waals surface area (Å²) in [6, 6.07) is 0. The third-order valence-corrected chi connectivity index (χ3v) is 2.49. The zero-order chi connectivity index (χ0) is 10.6. The Morgan fingerprint density at radius 3 is 2.86 bits per heavy atom. The summed E-state index contributed by atoms with van der Waals surface area (Å²) in [7, 11) is 1.89. The summed E-state index contributed by atoms with van der Waals surface area (Å²) >= 11 is 6.06. The van der Waals surface area contributed by atoms with E-state index in [1.807, 2.05) is 14.0 Å². The Balaban J connectivity index is 2.55. The first kappa shape index (κ1) is 11.1. The summed E-state index contributed by atoms with van der Waals surface area (Å²) in [6.45, 7) is 3.40. The molecule has 3 nitrogen and oxygen atoms in total. The van der Waals surface area contributed by atoms with Gasteiger partial charge in [0.15, 0.2) is 0 Å². The molecule has 0 fully saturated rings. The van der Waals surface area contributed by atoms with Crippen LogP contribution in [0.5, 0.6) is 0 Å². The number of halogens is 1. The topological polar surface area (TPSA) is 29.9 Å². The fourth-order valence-corrected chi connectivity index (χ4v) is 1.47. The zero-order valence-corrected chi connectivity index (χ0v) is 9.23. The van der Waals surface area contributed by atoms with Crippen LogP contribution in [-0.4, -0.2) is 16.3 Å². The van der Waals surface area contributed by atoms with Crippen LogP contribution in [-0.2, 0) is 13.6 Å². The fraction of sp³-hybridized carbons (Fsp3) is 0.500. The van der Waals surface area contributed by atoms with Crippen molar-refractivity contribution < 1.29 is 0 Å². The number of aryl methyl sites for hydroxylation is 2. The van der Waals surface area contributed by atoms with Crippen LogP contribution < -0.4 is 5.32 Å². The summed E-state index contributed by atoms with van der Waals surface area (Å²) in [5, 5.41) is 8.16. The van der Waals surface area contributed by atoms with Crippen LogP contribution in [0.15, 0.2) is 0 Å². The van der Waals surface area contributed by atoms with Crippen molar-refractivity contribution >= 4 is 11.6 Å². The lowest BCUT2D eigenvalue weighted by Crippen LogP contribution is -2.16. The van der Waals surface area contributed by atoms with Crippen LogP contribution in [0.4, 0.5) is 0 Å². The van der Waals surface area contributed by atoms with Crippen LogP contribution in [0, 0.1) is 19.3 Å². The minimum absolute atomic E-state index is 0.706. The summed E-state index contributed by atoms with van der Waals surface area (Å²) in [6.07, 6.45) is 5.87. The van der Waals surface area contributed by atoms with Crippen molar-refractivity contribution in [3.63, 3.8) is 0 Å². The lowest BCUT2D eigenvalue weighted by Gasteiger charge is -2.03. The van der Waals surface area contributed by atoms with Gasteiger partial charge in [-0.3, -0.25) is 4.68 Å². The Hall–Kier alpha value is -0.980. The minimum atomic E-state index is 0.706. The van der Waals surface area contributed by atoms with Gasteiger partial charge in [0.05, 0.1) is 16.4 Å². The second kappa shape index (κ2) is 5.04. The monoisotopic (exact) mass is 211 g/mol. The molecular formula is C10H14ClN3. The molecule has 1 N–H and O–H groups in total. The van der Waals surface area contributed by atoms with Crippen LogP contribution in [0.3, 0.4) is 0 Å². The second-order valence-electron chi connectivity index (χ2n) is 3.10. The summed E-state index contributed by atoms with van der Waals surface area (Å²) in [4.78, 5) is 0. The van der Waals surface area contributed by atoms with E-state index in [1.165, 1.54) is 0 Å². The molecule has 0 aliphatic carbocycles. The molecule has 0 amide bonds. The molecule has 0 aliphatic heterocycles. The van der Waals surface area contributed by atoms with Crippen molar-refractivity contribution in [1.29, 1.82) is 0 Å². The number of terminal acetylenes is 1. The second-order valence-corrected chi connectivity index (χ2v) is 3.48. The van der Waals surface area contributed by atoms with Gasteiger partial charge in [0, 0.05) is 26.6 Å². The molecular weight excluding hydrogens is 198 g/mol. The van der Waals surface area contributed by atoms with E-state index >= 15 is 0 Å². The van der Waals surface area contributed by atoms with E-state index in [4.69, 9.17) is 18.0 Å². The SMILES string of the molecule is C#CCCNCc1c(Cl)c(C)nn1C. The van der Waals surface area contributed by atoms with Gasteiger partial charge in [-0.15, -0.1) is 12.3 Å². The first-order valence-electron chi connectivity index (χ1n) is 4.49. The molecule has 1 rings (SSSR count). The van der Waals surface area contributed by atoms with Gasteiger partial charge < -0.3 is 5.32 Å². The maximum absolute atomic E-state index is 6.06. The van der Waals surface area contributed by atoms with Gasteiger partial charge in [0.25, 0.3) is 0 Å². The van der Waals surface area contributed by atoms with Gasteiger partial charge in [-0.2, -0.15) is 5.10 Å². The normalized spacial score (nSPS) is 10.1. The molecule has 0 aromatic carbocycles. The van der Waals surface area contributed by atoms with Crippen LogP contribution in [0.2, 0.25) is 5.02 Å². The standard InChI is InChI=1S/C10H14ClN3/c1-4-5-6-12-7-9-10(11)8(2)13-14(9)3/h1,12H,5-7H2,2-3H3.